The van der Waals surface area contributed by atoms with E-state index in [4.69, 9.17) is 0 Å². The molecule has 1 aliphatic rings. The lowest BCUT2D eigenvalue weighted by molar-refractivity contribution is 0.444. The molecule has 0 spiro atoms. The molecule has 0 heterocycles. The standard InChI is InChI=1S/C9H19N/c1-4-8(2)7-10-9(3)5-6-9/h8,10H,4-7H2,1-3H3. The molecular weight excluding hydrogens is 122 g/mol. The van der Waals surface area contributed by atoms with Crippen molar-refractivity contribution in [1.82, 2.24) is 5.32 Å². The van der Waals surface area contributed by atoms with Crippen LogP contribution in [0.2, 0.25) is 0 Å². The highest BCUT2D eigenvalue weighted by Crippen LogP contribution is 2.34. The smallest absolute Gasteiger partial charge is 0.0154 e. The van der Waals surface area contributed by atoms with Crippen molar-refractivity contribution in [1.29, 1.82) is 0 Å². The Labute approximate surface area is 64.2 Å². The zero-order valence-electron chi connectivity index (χ0n) is 7.41. The van der Waals surface area contributed by atoms with Gasteiger partial charge in [-0.05, 0) is 32.2 Å². The highest BCUT2D eigenvalue weighted by atomic mass is 15.0. The topological polar surface area (TPSA) is 12.0 Å². The number of rotatable bonds is 4. The van der Waals surface area contributed by atoms with E-state index in [1.165, 1.54) is 25.8 Å². The average molecular weight is 141 g/mol. The Morgan fingerprint density at radius 2 is 2.10 bits per heavy atom. The molecule has 0 aromatic carbocycles. The Morgan fingerprint density at radius 1 is 1.50 bits per heavy atom. The summed E-state index contributed by atoms with van der Waals surface area (Å²) in [5.74, 6) is 0.845. The van der Waals surface area contributed by atoms with E-state index < -0.39 is 0 Å². The molecule has 60 valence electrons. The molecule has 1 nitrogen and oxygen atoms in total. The van der Waals surface area contributed by atoms with Crippen LogP contribution in [-0.2, 0) is 0 Å². The Balaban J connectivity index is 2.04. The van der Waals surface area contributed by atoms with Crippen LogP contribution in [0.15, 0.2) is 0 Å². The lowest BCUT2D eigenvalue weighted by Gasteiger charge is -2.14. The van der Waals surface area contributed by atoms with Crippen molar-refractivity contribution in [3.63, 3.8) is 0 Å². The number of nitrogens with one attached hydrogen (secondary N) is 1. The van der Waals surface area contributed by atoms with Gasteiger partial charge in [-0.3, -0.25) is 0 Å². The van der Waals surface area contributed by atoms with Crippen LogP contribution in [0.25, 0.3) is 0 Å². The maximum atomic E-state index is 3.58. The predicted octanol–water partition coefficient (Wildman–Crippen LogP) is 2.17. The van der Waals surface area contributed by atoms with Crippen molar-refractivity contribution in [2.75, 3.05) is 6.54 Å². The highest BCUT2D eigenvalue weighted by molar-refractivity contribution is 4.97. The van der Waals surface area contributed by atoms with E-state index >= 15 is 0 Å². The second-order valence-electron chi connectivity index (χ2n) is 3.95. The molecule has 1 rings (SSSR count). The molecule has 0 aromatic rings. The zero-order valence-corrected chi connectivity index (χ0v) is 7.41. The molecule has 1 saturated carbocycles. The van der Waals surface area contributed by atoms with Gasteiger partial charge in [-0.2, -0.15) is 0 Å². The van der Waals surface area contributed by atoms with E-state index in [1.807, 2.05) is 0 Å². The minimum absolute atomic E-state index is 0.531. The molecule has 1 fully saturated rings. The van der Waals surface area contributed by atoms with E-state index in [0.29, 0.717) is 5.54 Å². The van der Waals surface area contributed by atoms with E-state index in [-0.39, 0.29) is 0 Å². The van der Waals surface area contributed by atoms with Gasteiger partial charge < -0.3 is 5.32 Å². The Kier molecular flexibility index (Phi) is 2.35. The van der Waals surface area contributed by atoms with Crippen molar-refractivity contribution in [2.45, 2.75) is 45.6 Å². The fraction of sp³-hybridized carbons (Fsp3) is 1.00. The molecule has 0 aromatic heterocycles. The van der Waals surface area contributed by atoms with Crippen LogP contribution in [0.4, 0.5) is 0 Å². The summed E-state index contributed by atoms with van der Waals surface area (Å²) in [7, 11) is 0. The van der Waals surface area contributed by atoms with Crippen LogP contribution >= 0.6 is 0 Å². The minimum Gasteiger partial charge on any atom is -0.311 e. The SMILES string of the molecule is CCC(C)CNC1(C)CC1. The van der Waals surface area contributed by atoms with E-state index in [1.54, 1.807) is 0 Å². The predicted molar refractivity (Wildman–Crippen MR) is 45.1 cm³/mol. The Bertz CT molecular complexity index is 105. The molecule has 1 N–H and O–H groups in total. The summed E-state index contributed by atoms with van der Waals surface area (Å²) in [6.07, 6.45) is 4.05. The first kappa shape index (κ1) is 8.06. The first-order valence-electron chi connectivity index (χ1n) is 4.41. The molecule has 1 aliphatic carbocycles. The van der Waals surface area contributed by atoms with E-state index in [9.17, 15) is 0 Å². The molecule has 0 radical (unpaired) electrons. The quantitative estimate of drug-likeness (QED) is 0.632. The fourth-order valence-corrected chi connectivity index (χ4v) is 0.929. The van der Waals surface area contributed by atoms with Gasteiger partial charge in [-0.25, -0.2) is 0 Å². The molecule has 10 heavy (non-hydrogen) atoms. The van der Waals surface area contributed by atoms with Gasteiger partial charge in [-0.1, -0.05) is 20.3 Å². The van der Waals surface area contributed by atoms with Crippen LogP contribution in [0.5, 0.6) is 0 Å². The van der Waals surface area contributed by atoms with E-state index in [2.05, 4.69) is 26.1 Å². The van der Waals surface area contributed by atoms with Gasteiger partial charge >= 0.3 is 0 Å². The molecule has 0 saturated heterocycles. The van der Waals surface area contributed by atoms with Crippen molar-refractivity contribution >= 4 is 0 Å². The fourth-order valence-electron chi connectivity index (χ4n) is 0.929. The third-order valence-corrected chi connectivity index (χ3v) is 2.57. The van der Waals surface area contributed by atoms with Gasteiger partial charge in [0.25, 0.3) is 0 Å². The summed E-state index contributed by atoms with van der Waals surface area (Å²) in [6, 6.07) is 0. The molecule has 0 bridgehead atoms. The van der Waals surface area contributed by atoms with Crippen LogP contribution in [0.1, 0.15) is 40.0 Å². The van der Waals surface area contributed by atoms with Gasteiger partial charge in [0, 0.05) is 5.54 Å². The molecule has 1 heteroatoms. The lowest BCUT2D eigenvalue weighted by atomic mass is 10.1. The van der Waals surface area contributed by atoms with E-state index in [0.717, 1.165) is 5.92 Å². The summed E-state index contributed by atoms with van der Waals surface area (Å²) in [4.78, 5) is 0. The van der Waals surface area contributed by atoms with Gasteiger partial charge in [0.05, 0.1) is 0 Å². The lowest BCUT2D eigenvalue weighted by Crippen LogP contribution is -2.31. The Hall–Kier alpha value is -0.0400. The summed E-state index contributed by atoms with van der Waals surface area (Å²) < 4.78 is 0. The summed E-state index contributed by atoms with van der Waals surface area (Å²) in [6.45, 7) is 8.07. The first-order chi connectivity index (χ1) is 4.66. The molecule has 0 amide bonds. The largest absolute Gasteiger partial charge is 0.311 e. The minimum atomic E-state index is 0.531. The van der Waals surface area contributed by atoms with Crippen LogP contribution in [0.3, 0.4) is 0 Å². The van der Waals surface area contributed by atoms with Crippen LogP contribution in [0, 0.1) is 5.92 Å². The molecule has 0 aliphatic heterocycles. The number of hydrogen-bond acceptors (Lipinski definition) is 1. The molecular formula is C9H19N. The third-order valence-electron chi connectivity index (χ3n) is 2.57. The van der Waals surface area contributed by atoms with Gasteiger partial charge in [0.1, 0.15) is 0 Å². The monoisotopic (exact) mass is 141 g/mol. The second-order valence-corrected chi connectivity index (χ2v) is 3.95. The molecule has 1 atom stereocenters. The third kappa shape index (κ3) is 2.30. The van der Waals surface area contributed by atoms with Crippen LogP contribution < -0.4 is 5.32 Å². The van der Waals surface area contributed by atoms with Crippen LogP contribution in [-0.4, -0.2) is 12.1 Å². The number of hydrogen-bond donors (Lipinski definition) is 1. The summed E-state index contributed by atoms with van der Waals surface area (Å²) >= 11 is 0. The second kappa shape index (κ2) is 2.91. The first-order valence-corrected chi connectivity index (χ1v) is 4.41. The maximum absolute atomic E-state index is 3.58. The van der Waals surface area contributed by atoms with Crippen molar-refractivity contribution in [3.8, 4) is 0 Å². The summed E-state index contributed by atoms with van der Waals surface area (Å²) in [5, 5.41) is 3.58. The van der Waals surface area contributed by atoms with Gasteiger partial charge in [-0.15, -0.1) is 0 Å². The van der Waals surface area contributed by atoms with Crippen molar-refractivity contribution < 1.29 is 0 Å². The average Bonchev–Trinajstić information content (AvgIpc) is 2.64. The van der Waals surface area contributed by atoms with Crippen molar-refractivity contribution in [3.05, 3.63) is 0 Å². The van der Waals surface area contributed by atoms with Gasteiger partial charge in [0.2, 0.25) is 0 Å². The van der Waals surface area contributed by atoms with Gasteiger partial charge in [0.15, 0.2) is 0 Å². The zero-order chi connectivity index (χ0) is 7.61. The highest BCUT2D eigenvalue weighted by Gasteiger charge is 2.36. The normalized spacial score (nSPS) is 24.3. The summed E-state index contributed by atoms with van der Waals surface area (Å²) in [5.41, 5.74) is 0.531. The Morgan fingerprint density at radius 3 is 2.50 bits per heavy atom. The van der Waals surface area contributed by atoms with Crippen molar-refractivity contribution in [2.24, 2.45) is 5.92 Å². The maximum Gasteiger partial charge on any atom is 0.0154 e. The molecule has 1 unspecified atom stereocenters.